The Hall–Kier alpha value is -2.02. The van der Waals surface area contributed by atoms with Gasteiger partial charge in [-0.05, 0) is 31.0 Å². The van der Waals surface area contributed by atoms with Crippen molar-refractivity contribution in [2.75, 3.05) is 6.54 Å². The molecule has 0 spiro atoms. The first kappa shape index (κ1) is 16.4. The van der Waals surface area contributed by atoms with Gasteiger partial charge in [0.25, 0.3) is 5.91 Å². The molecule has 0 fully saturated rings. The van der Waals surface area contributed by atoms with E-state index in [9.17, 15) is 18.0 Å². The van der Waals surface area contributed by atoms with Crippen LogP contribution in [-0.4, -0.2) is 23.8 Å². The van der Waals surface area contributed by atoms with Crippen molar-refractivity contribution in [1.29, 1.82) is 0 Å². The van der Waals surface area contributed by atoms with Crippen LogP contribution in [0.2, 0.25) is 5.02 Å². The van der Waals surface area contributed by atoms with E-state index < -0.39 is 18.6 Å². The number of benzene rings is 1. The Morgan fingerprint density at radius 2 is 1.95 bits per heavy atom. The molecule has 22 heavy (non-hydrogen) atoms. The lowest BCUT2D eigenvalue weighted by Crippen LogP contribution is -2.33. The van der Waals surface area contributed by atoms with Crippen molar-refractivity contribution in [2.24, 2.45) is 0 Å². The summed E-state index contributed by atoms with van der Waals surface area (Å²) >= 11 is 6.04. The highest BCUT2D eigenvalue weighted by Crippen LogP contribution is 2.29. The van der Waals surface area contributed by atoms with Gasteiger partial charge in [0.1, 0.15) is 6.54 Å². The molecule has 0 saturated carbocycles. The number of hydrogen-bond donors (Lipinski definition) is 1. The number of hydrogen-bond acceptors (Lipinski definition) is 3. The molecule has 0 saturated heterocycles. The Kier molecular flexibility index (Phi) is 4.46. The fourth-order valence-electron chi connectivity index (χ4n) is 1.87. The minimum Gasteiger partial charge on any atom is -0.355 e. The molecule has 0 radical (unpaired) electrons. The van der Waals surface area contributed by atoms with Gasteiger partial charge in [-0.25, -0.2) is 0 Å². The lowest BCUT2D eigenvalue weighted by atomic mass is 10.0. The third-order valence-electron chi connectivity index (χ3n) is 2.96. The molecule has 2 rings (SSSR count). The molecule has 0 atom stereocenters. The van der Waals surface area contributed by atoms with Gasteiger partial charge >= 0.3 is 6.18 Å². The van der Waals surface area contributed by atoms with E-state index in [1.807, 2.05) is 19.9 Å². The molecular weight excluding hydrogens is 321 g/mol. The number of alkyl halides is 3. The van der Waals surface area contributed by atoms with Crippen molar-refractivity contribution in [2.45, 2.75) is 20.0 Å². The van der Waals surface area contributed by atoms with Gasteiger partial charge in [-0.1, -0.05) is 22.8 Å². The predicted molar refractivity (Wildman–Crippen MR) is 74.8 cm³/mol. The average molecular weight is 333 g/mol. The summed E-state index contributed by atoms with van der Waals surface area (Å²) in [6.45, 7) is 2.24. The number of amides is 1. The van der Waals surface area contributed by atoms with Gasteiger partial charge in [-0.15, -0.1) is 0 Å². The molecule has 4 nitrogen and oxygen atoms in total. The third-order valence-corrected chi connectivity index (χ3v) is 3.37. The van der Waals surface area contributed by atoms with Gasteiger partial charge in [0.05, 0.1) is 0 Å². The van der Waals surface area contributed by atoms with Crippen LogP contribution in [0.5, 0.6) is 0 Å². The molecule has 1 aromatic heterocycles. The van der Waals surface area contributed by atoms with Gasteiger partial charge < -0.3 is 9.84 Å². The number of halogens is 4. The Morgan fingerprint density at radius 1 is 1.27 bits per heavy atom. The van der Waals surface area contributed by atoms with Gasteiger partial charge in [-0.3, -0.25) is 4.79 Å². The van der Waals surface area contributed by atoms with E-state index >= 15 is 0 Å². The predicted octanol–water partition coefficient (Wildman–Crippen LogP) is 3.90. The lowest BCUT2D eigenvalue weighted by Gasteiger charge is -2.06. The zero-order chi connectivity index (χ0) is 16.5. The second kappa shape index (κ2) is 6.00. The molecule has 118 valence electrons. The number of aromatic nitrogens is 1. The molecule has 0 aliphatic rings. The minimum atomic E-state index is -4.48. The zero-order valence-electron chi connectivity index (χ0n) is 11.7. The van der Waals surface area contributed by atoms with E-state index in [-0.39, 0.29) is 11.5 Å². The zero-order valence-corrected chi connectivity index (χ0v) is 12.5. The van der Waals surface area contributed by atoms with E-state index in [4.69, 9.17) is 16.1 Å². The lowest BCUT2D eigenvalue weighted by molar-refractivity contribution is -0.123. The number of aryl methyl sites for hydroxylation is 2. The summed E-state index contributed by atoms with van der Waals surface area (Å²) < 4.78 is 41.2. The smallest absolute Gasteiger partial charge is 0.355 e. The summed E-state index contributed by atoms with van der Waals surface area (Å²) in [7, 11) is 0. The topological polar surface area (TPSA) is 55.1 Å². The van der Waals surface area contributed by atoms with Crippen LogP contribution < -0.4 is 5.32 Å². The number of rotatable bonds is 3. The SMILES string of the molecule is Cc1cc(C)c(-c2cc(C(=O)NCC(F)(F)F)no2)cc1Cl. The van der Waals surface area contributed by atoms with Crippen LogP contribution in [0.25, 0.3) is 11.3 Å². The molecule has 1 N–H and O–H groups in total. The summed E-state index contributed by atoms with van der Waals surface area (Å²) in [5.41, 5.74) is 2.12. The molecule has 0 bridgehead atoms. The van der Waals surface area contributed by atoms with Crippen LogP contribution in [0.4, 0.5) is 13.2 Å². The molecule has 8 heteroatoms. The quantitative estimate of drug-likeness (QED) is 0.927. The Balaban J connectivity index is 2.22. The number of carbonyl (C=O) groups is 1. The van der Waals surface area contributed by atoms with Crippen LogP contribution in [0, 0.1) is 13.8 Å². The van der Waals surface area contributed by atoms with E-state index in [2.05, 4.69) is 5.16 Å². The molecule has 2 aromatic rings. The summed E-state index contributed by atoms with van der Waals surface area (Å²) in [5.74, 6) is -0.695. The van der Waals surface area contributed by atoms with Crippen molar-refractivity contribution in [3.8, 4) is 11.3 Å². The fraction of sp³-hybridized carbons (Fsp3) is 0.286. The Bertz CT molecular complexity index is 711. The highest BCUT2D eigenvalue weighted by molar-refractivity contribution is 6.31. The van der Waals surface area contributed by atoms with E-state index in [1.54, 1.807) is 11.4 Å². The monoisotopic (exact) mass is 332 g/mol. The van der Waals surface area contributed by atoms with Gasteiger partial charge in [-0.2, -0.15) is 13.2 Å². The summed E-state index contributed by atoms with van der Waals surface area (Å²) in [4.78, 5) is 11.6. The standard InChI is InChI=1S/C14H12ClF3N2O2/c1-7-3-8(2)10(15)4-9(7)12-5-11(20-22-12)13(21)19-6-14(16,17)18/h3-5H,6H2,1-2H3,(H,19,21). The average Bonchev–Trinajstić information content (AvgIpc) is 2.89. The highest BCUT2D eigenvalue weighted by Gasteiger charge is 2.28. The first-order chi connectivity index (χ1) is 10.2. The summed E-state index contributed by atoms with van der Waals surface area (Å²) in [5, 5.41) is 5.73. The van der Waals surface area contributed by atoms with Gasteiger partial charge in [0.15, 0.2) is 11.5 Å². The highest BCUT2D eigenvalue weighted by atomic mass is 35.5. The van der Waals surface area contributed by atoms with Crippen LogP contribution in [-0.2, 0) is 0 Å². The molecule has 0 unspecified atom stereocenters. The molecule has 1 amide bonds. The van der Waals surface area contributed by atoms with E-state index in [1.165, 1.54) is 6.07 Å². The number of nitrogens with one attached hydrogen (secondary N) is 1. The van der Waals surface area contributed by atoms with Crippen molar-refractivity contribution in [3.05, 3.63) is 40.0 Å². The molecule has 1 aromatic carbocycles. The largest absolute Gasteiger partial charge is 0.405 e. The number of nitrogens with zero attached hydrogens (tertiary/aromatic N) is 1. The fourth-order valence-corrected chi connectivity index (χ4v) is 2.04. The van der Waals surface area contributed by atoms with Crippen molar-refractivity contribution < 1.29 is 22.5 Å². The van der Waals surface area contributed by atoms with Crippen LogP contribution in [0.3, 0.4) is 0 Å². The first-order valence-corrected chi connectivity index (χ1v) is 6.64. The maximum Gasteiger partial charge on any atom is 0.405 e. The van der Waals surface area contributed by atoms with E-state index in [0.717, 1.165) is 11.1 Å². The van der Waals surface area contributed by atoms with E-state index in [0.29, 0.717) is 10.6 Å². The first-order valence-electron chi connectivity index (χ1n) is 6.26. The van der Waals surface area contributed by atoms with Gasteiger partial charge in [0, 0.05) is 16.7 Å². The van der Waals surface area contributed by atoms with Crippen molar-refractivity contribution >= 4 is 17.5 Å². The van der Waals surface area contributed by atoms with Crippen LogP contribution in [0.1, 0.15) is 21.6 Å². The number of carbonyl (C=O) groups excluding carboxylic acids is 1. The second-order valence-electron chi connectivity index (χ2n) is 4.79. The Labute approximate surface area is 129 Å². The molecule has 0 aliphatic carbocycles. The van der Waals surface area contributed by atoms with Gasteiger partial charge in [0.2, 0.25) is 0 Å². The third kappa shape index (κ3) is 3.79. The molecular formula is C14H12ClF3N2O2. The normalized spacial score (nSPS) is 11.5. The van der Waals surface area contributed by atoms with Crippen LogP contribution in [0.15, 0.2) is 22.7 Å². The minimum absolute atomic E-state index is 0.227. The molecule has 0 aliphatic heterocycles. The van der Waals surface area contributed by atoms with Crippen molar-refractivity contribution in [3.63, 3.8) is 0 Å². The summed E-state index contributed by atoms with van der Waals surface area (Å²) in [6, 6.07) is 4.77. The Morgan fingerprint density at radius 3 is 2.59 bits per heavy atom. The second-order valence-corrected chi connectivity index (χ2v) is 5.20. The molecule has 1 heterocycles. The summed E-state index contributed by atoms with van der Waals surface area (Å²) in [6.07, 6.45) is -4.48. The van der Waals surface area contributed by atoms with Crippen molar-refractivity contribution in [1.82, 2.24) is 10.5 Å². The maximum absolute atomic E-state index is 12.1. The van der Waals surface area contributed by atoms with Crippen LogP contribution >= 0.6 is 11.6 Å². The maximum atomic E-state index is 12.1.